The number of carbonyl (C=O) groups excluding carboxylic acids is 2. The second kappa shape index (κ2) is 15.5. The zero-order chi connectivity index (χ0) is 25.5. The summed E-state index contributed by atoms with van der Waals surface area (Å²) in [5.41, 5.74) is 0.704. The Hall–Kier alpha value is -2.33. The first-order valence-electron chi connectivity index (χ1n) is 11.8. The average Bonchev–Trinajstić information content (AvgIpc) is 2.73. The monoisotopic (exact) mass is 488 g/mol. The molecule has 1 aromatic rings. The second-order valence-electron chi connectivity index (χ2n) is 9.11. The molecule has 0 aliphatic rings. The van der Waals surface area contributed by atoms with Gasteiger partial charge < -0.3 is 20.7 Å². The molecule has 0 atom stereocenters. The third kappa shape index (κ3) is 15.5. The standard InChI is InChI=1S/C24H39F3N4O3/c1-23(2,3)34-22(33)30-16-10-18-31(19-20-11-5-4-6-12-20)17-8-7-13-28-14-9-15-29-21(32)24(25,26)27/h4-6,11-12,28H,7-10,13-19H2,1-3H3,(H,29,32)(H,30,33). The summed E-state index contributed by atoms with van der Waals surface area (Å²) in [5.74, 6) is -1.90. The number of benzene rings is 1. The number of nitrogens with zero attached hydrogens (tertiary/aromatic N) is 1. The second-order valence-corrected chi connectivity index (χ2v) is 9.11. The van der Waals surface area contributed by atoms with Crippen molar-refractivity contribution in [3.05, 3.63) is 35.9 Å². The Kier molecular flexibility index (Phi) is 13.6. The molecular formula is C24H39F3N4O3. The lowest BCUT2D eigenvalue weighted by atomic mass is 10.2. The number of unbranched alkanes of at least 4 members (excludes halogenated alkanes) is 1. The molecule has 0 radical (unpaired) electrons. The Morgan fingerprint density at radius 2 is 1.47 bits per heavy atom. The third-order valence-corrected chi connectivity index (χ3v) is 4.72. The molecule has 10 heteroatoms. The van der Waals surface area contributed by atoms with Crippen LogP contribution >= 0.6 is 0 Å². The molecule has 194 valence electrons. The quantitative estimate of drug-likeness (QED) is 0.327. The normalized spacial score (nSPS) is 12.0. The van der Waals surface area contributed by atoms with Gasteiger partial charge in [0, 0.05) is 26.2 Å². The van der Waals surface area contributed by atoms with E-state index in [4.69, 9.17) is 4.74 Å². The van der Waals surface area contributed by atoms with Crippen LogP contribution in [-0.2, 0) is 16.1 Å². The highest BCUT2D eigenvalue weighted by Crippen LogP contribution is 2.13. The van der Waals surface area contributed by atoms with Gasteiger partial charge in [0.2, 0.25) is 0 Å². The molecule has 1 rings (SSSR count). The Bertz CT molecular complexity index is 710. The van der Waals surface area contributed by atoms with Gasteiger partial charge in [-0.3, -0.25) is 9.69 Å². The van der Waals surface area contributed by atoms with E-state index in [1.165, 1.54) is 5.56 Å². The van der Waals surface area contributed by atoms with E-state index in [9.17, 15) is 22.8 Å². The number of hydrogen-bond acceptors (Lipinski definition) is 5. The van der Waals surface area contributed by atoms with Crippen molar-refractivity contribution in [2.24, 2.45) is 0 Å². The van der Waals surface area contributed by atoms with Crippen molar-refractivity contribution in [1.29, 1.82) is 0 Å². The molecule has 0 fully saturated rings. The number of ether oxygens (including phenoxy) is 1. The fourth-order valence-electron chi connectivity index (χ4n) is 3.14. The van der Waals surface area contributed by atoms with E-state index in [-0.39, 0.29) is 6.54 Å². The van der Waals surface area contributed by atoms with Crippen LogP contribution in [0.15, 0.2) is 30.3 Å². The van der Waals surface area contributed by atoms with Gasteiger partial charge in [-0.2, -0.15) is 13.2 Å². The van der Waals surface area contributed by atoms with Gasteiger partial charge in [-0.05, 0) is 71.7 Å². The summed E-state index contributed by atoms with van der Waals surface area (Å²) in [5, 5.41) is 7.84. The molecule has 0 spiro atoms. The molecule has 0 saturated carbocycles. The van der Waals surface area contributed by atoms with Gasteiger partial charge in [0.05, 0.1) is 0 Å². The molecule has 0 aliphatic heterocycles. The van der Waals surface area contributed by atoms with Crippen molar-refractivity contribution >= 4 is 12.0 Å². The zero-order valence-corrected chi connectivity index (χ0v) is 20.5. The Balaban J connectivity index is 2.25. The van der Waals surface area contributed by atoms with Crippen LogP contribution < -0.4 is 16.0 Å². The fraction of sp³-hybridized carbons (Fsp3) is 0.667. The van der Waals surface area contributed by atoms with Gasteiger partial charge in [-0.25, -0.2) is 4.79 Å². The molecule has 0 aromatic heterocycles. The van der Waals surface area contributed by atoms with Crippen LogP contribution in [0.4, 0.5) is 18.0 Å². The summed E-state index contributed by atoms with van der Waals surface area (Å²) < 4.78 is 41.6. The van der Waals surface area contributed by atoms with Crippen LogP contribution in [0.25, 0.3) is 0 Å². The number of alkyl carbamates (subject to hydrolysis) is 1. The zero-order valence-electron chi connectivity index (χ0n) is 20.5. The molecule has 0 aliphatic carbocycles. The minimum absolute atomic E-state index is 0.00642. The Morgan fingerprint density at radius 1 is 0.853 bits per heavy atom. The van der Waals surface area contributed by atoms with Crippen LogP contribution in [0.1, 0.15) is 52.0 Å². The van der Waals surface area contributed by atoms with Crippen molar-refractivity contribution < 1.29 is 27.5 Å². The van der Waals surface area contributed by atoms with Gasteiger partial charge in [0.1, 0.15) is 5.60 Å². The van der Waals surface area contributed by atoms with Crippen molar-refractivity contribution in [3.8, 4) is 0 Å². The van der Waals surface area contributed by atoms with Gasteiger partial charge in [-0.1, -0.05) is 30.3 Å². The summed E-state index contributed by atoms with van der Waals surface area (Å²) >= 11 is 0. The van der Waals surface area contributed by atoms with Crippen molar-refractivity contribution in [3.63, 3.8) is 0 Å². The van der Waals surface area contributed by atoms with E-state index >= 15 is 0 Å². The molecule has 0 heterocycles. The Labute approximate surface area is 200 Å². The van der Waals surface area contributed by atoms with Crippen LogP contribution in [0.2, 0.25) is 0 Å². The summed E-state index contributed by atoms with van der Waals surface area (Å²) in [4.78, 5) is 24.9. The number of nitrogens with one attached hydrogen (secondary N) is 3. The molecule has 0 bridgehead atoms. The maximum Gasteiger partial charge on any atom is 0.471 e. The molecule has 0 unspecified atom stereocenters. The topological polar surface area (TPSA) is 82.7 Å². The maximum atomic E-state index is 12.1. The van der Waals surface area contributed by atoms with Crippen LogP contribution in [-0.4, -0.2) is 67.9 Å². The molecular weight excluding hydrogens is 449 g/mol. The minimum Gasteiger partial charge on any atom is -0.444 e. The highest BCUT2D eigenvalue weighted by molar-refractivity contribution is 5.81. The van der Waals surface area contributed by atoms with Gasteiger partial charge in [0.15, 0.2) is 0 Å². The van der Waals surface area contributed by atoms with Crippen LogP contribution in [0.3, 0.4) is 0 Å². The van der Waals surface area contributed by atoms with Crippen molar-refractivity contribution in [2.45, 2.75) is 64.8 Å². The highest BCUT2D eigenvalue weighted by Gasteiger charge is 2.38. The van der Waals surface area contributed by atoms with Crippen LogP contribution in [0.5, 0.6) is 0 Å². The lowest BCUT2D eigenvalue weighted by Gasteiger charge is -2.23. The lowest BCUT2D eigenvalue weighted by molar-refractivity contribution is -0.173. The first-order valence-corrected chi connectivity index (χ1v) is 11.8. The molecule has 0 saturated heterocycles. The summed E-state index contributed by atoms with van der Waals surface area (Å²) in [6, 6.07) is 10.2. The van der Waals surface area contributed by atoms with Gasteiger partial charge in [0.25, 0.3) is 0 Å². The average molecular weight is 489 g/mol. The number of hydrogen-bond donors (Lipinski definition) is 3. The van der Waals surface area contributed by atoms with Crippen molar-refractivity contribution in [2.75, 3.05) is 39.3 Å². The first kappa shape index (κ1) is 29.7. The molecule has 1 aromatic carbocycles. The summed E-state index contributed by atoms with van der Waals surface area (Å²) in [6.45, 7) is 9.86. The number of amides is 2. The first-order chi connectivity index (χ1) is 16.0. The molecule has 7 nitrogen and oxygen atoms in total. The van der Waals surface area contributed by atoms with Gasteiger partial charge >= 0.3 is 18.2 Å². The SMILES string of the molecule is CC(C)(C)OC(=O)NCCCN(CCCCNCCCNC(=O)C(F)(F)F)Cc1ccccc1. The van der Waals surface area contributed by atoms with E-state index in [0.29, 0.717) is 19.5 Å². The number of alkyl halides is 3. The highest BCUT2D eigenvalue weighted by atomic mass is 19.4. The van der Waals surface area contributed by atoms with E-state index in [1.807, 2.05) is 44.3 Å². The minimum atomic E-state index is -4.83. The van der Waals surface area contributed by atoms with E-state index < -0.39 is 23.8 Å². The smallest absolute Gasteiger partial charge is 0.444 e. The predicted octanol–water partition coefficient (Wildman–Crippen LogP) is 3.84. The summed E-state index contributed by atoms with van der Waals surface area (Å²) in [7, 11) is 0. The van der Waals surface area contributed by atoms with Gasteiger partial charge in [-0.15, -0.1) is 0 Å². The van der Waals surface area contributed by atoms with Crippen molar-refractivity contribution in [1.82, 2.24) is 20.9 Å². The summed E-state index contributed by atoms with van der Waals surface area (Å²) in [6.07, 6.45) is -2.11. The number of halogens is 3. The number of carbonyl (C=O) groups is 2. The maximum absolute atomic E-state index is 12.1. The van der Waals surface area contributed by atoms with E-state index in [1.54, 1.807) is 0 Å². The molecule has 2 amide bonds. The Morgan fingerprint density at radius 3 is 2.12 bits per heavy atom. The number of rotatable bonds is 15. The predicted molar refractivity (Wildman–Crippen MR) is 126 cm³/mol. The van der Waals surface area contributed by atoms with E-state index in [2.05, 4.69) is 27.7 Å². The van der Waals surface area contributed by atoms with E-state index in [0.717, 1.165) is 45.4 Å². The largest absolute Gasteiger partial charge is 0.471 e. The third-order valence-electron chi connectivity index (χ3n) is 4.72. The fourth-order valence-corrected chi connectivity index (χ4v) is 3.14. The molecule has 34 heavy (non-hydrogen) atoms. The molecule has 3 N–H and O–H groups in total. The lowest BCUT2D eigenvalue weighted by Crippen LogP contribution is -2.38. The van der Waals surface area contributed by atoms with Crippen LogP contribution in [0, 0.1) is 0 Å².